The van der Waals surface area contributed by atoms with Crippen molar-refractivity contribution in [1.29, 1.82) is 0 Å². The van der Waals surface area contributed by atoms with Gasteiger partial charge in [-0.25, -0.2) is 4.79 Å². The summed E-state index contributed by atoms with van der Waals surface area (Å²) in [6, 6.07) is 0. The number of rotatable bonds is 3. The number of hydrogen-bond donors (Lipinski definition) is 2. The molecule has 0 bridgehead atoms. The molecule has 2 atom stereocenters. The summed E-state index contributed by atoms with van der Waals surface area (Å²) in [4.78, 5) is 21.6. The number of carboxylic acid groups (broad SMARTS) is 1. The van der Waals surface area contributed by atoms with Gasteiger partial charge in [0.2, 0.25) is 6.41 Å². The summed E-state index contributed by atoms with van der Waals surface area (Å²) in [7, 11) is 0. The van der Waals surface area contributed by atoms with E-state index in [2.05, 4.69) is 5.32 Å². The second kappa shape index (κ2) is 3.26. The van der Waals surface area contributed by atoms with Crippen LogP contribution in [0, 0.1) is 11.3 Å². The summed E-state index contributed by atoms with van der Waals surface area (Å²) < 4.78 is 0. The molecule has 0 spiro atoms. The molecule has 14 heavy (non-hydrogen) atoms. The molecule has 2 N–H and O–H groups in total. The predicted molar refractivity (Wildman–Crippen MR) is 51.7 cm³/mol. The number of nitrogens with one attached hydrogen (secondary N) is 1. The number of carboxylic acids is 1. The Morgan fingerprint density at radius 2 is 2.14 bits per heavy atom. The minimum Gasteiger partial charge on any atom is -0.479 e. The molecule has 4 nitrogen and oxygen atoms in total. The van der Waals surface area contributed by atoms with E-state index >= 15 is 0 Å². The largest absolute Gasteiger partial charge is 0.479 e. The highest BCUT2D eigenvalue weighted by atomic mass is 16.4. The van der Waals surface area contributed by atoms with Crippen LogP contribution in [-0.4, -0.2) is 23.0 Å². The van der Waals surface area contributed by atoms with Gasteiger partial charge in [-0.05, 0) is 24.2 Å². The van der Waals surface area contributed by atoms with Crippen molar-refractivity contribution in [2.45, 2.75) is 39.2 Å². The first-order chi connectivity index (χ1) is 6.34. The molecule has 1 rings (SSSR count). The Morgan fingerprint density at radius 1 is 1.57 bits per heavy atom. The van der Waals surface area contributed by atoms with Crippen LogP contribution in [0.3, 0.4) is 0 Å². The minimum atomic E-state index is -1.06. The Bertz CT molecular complexity index is 262. The Labute approximate surface area is 83.7 Å². The lowest BCUT2D eigenvalue weighted by molar-refractivity contribution is -0.148. The monoisotopic (exact) mass is 199 g/mol. The second-order valence-electron chi connectivity index (χ2n) is 4.98. The number of aliphatic carboxylic acids is 1. The number of carbonyl (C=O) groups excluding carboxylic acids is 1. The Kier molecular flexibility index (Phi) is 2.56. The maximum Gasteiger partial charge on any atom is 0.329 e. The molecule has 1 aliphatic rings. The zero-order chi connectivity index (χ0) is 11.0. The highest BCUT2D eigenvalue weighted by Crippen LogP contribution is 2.47. The average Bonchev–Trinajstić information content (AvgIpc) is 2.23. The third kappa shape index (κ3) is 1.61. The van der Waals surface area contributed by atoms with E-state index in [1.165, 1.54) is 0 Å². The molecule has 0 radical (unpaired) electrons. The van der Waals surface area contributed by atoms with Gasteiger partial charge in [0.05, 0.1) is 0 Å². The second-order valence-corrected chi connectivity index (χ2v) is 4.98. The van der Waals surface area contributed by atoms with E-state index in [0.29, 0.717) is 12.8 Å². The molecule has 1 aliphatic carbocycles. The first-order valence-electron chi connectivity index (χ1n) is 4.79. The molecule has 0 aliphatic heterocycles. The van der Waals surface area contributed by atoms with Gasteiger partial charge < -0.3 is 10.4 Å². The fourth-order valence-electron chi connectivity index (χ4n) is 2.65. The molecule has 0 aromatic rings. The van der Waals surface area contributed by atoms with Gasteiger partial charge in [-0.2, -0.15) is 0 Å². The molecule has 0 aromatic carbocycles. The first-order valence-corrected chi connectivity index (χ1v) is 4.79. The maximum atomic E-state index is 11.2. The Balaban J connectivity index is 2.99. The van der Waals surface area contributed by atoms with E-state index in [9.17, 15) is 14.7 Å². The van der Waals surface area contributed by atoms with Crippen molar-refractivity contribution in [1.82, 2.24) is 5.32 Å². The summed E-state index contributed by atoms with van der Waals surface area (Å²) in [5.41, 5.74) is -1.08. The van der Waals surface area contributed by atoms with Crippen molar-refractivity contribution < 1.29 is 14.7 Å². The van der Waals surface area contributed by atoms with Crippen molar-refractivity contribution in [2.24, 2.45) is 11.3 Å². The van der Waals surface area contributed by atoms with E-state index in [1.54, 1.807) is 0 Å². The van der Waals surface area contributed by atoms with E-state index in [1.807, 2.05) is 20.8 Å². The highest BCUT2D eigenvalue weighted by Gasteiger charge is 2.53. The Hall–Kier alpha value is -1.06. The quantitative estimate of drug-likeness (QED) is 0.667. The molecule has 80 valence electrons. The molecular formula is C10H17NO3. The van der Waals surface area contributed by atoms with Crippen LogP contribution in [0.5, 0.6) is 0 Å². The van der Waals surface area contributed by atoms with Crippen molar-refractivity contribution >= 4 is 12.4 Å². The van der Waals surface area contributed by atoms with Crippen molar-refractivity contribution in [3.05, 3.63) is 0 Å². The van der Waals surface area contributed by atoms with Crippen LogP contribution < -0.4 is 5.32 Å². The van der Waals surface area contributed by atoms with Crippen LogP contribution in [-0.2, 0) is 9.59 Å². The summed E-state index contributed by atoms with van der Waals surface area (Å²) in [6.07, 6.45) is 1.81. The van der Waals surface area contributed by atoms with Crippen molar-refractivity contribution in [2.75, 3.05) is 0 Å². The van der Waals surface area contributed by atoms with Gasteiger partial charge in [0.25, 0.3) is 0 Å². The highest BCUT2D eigenvalue weighted by molar-refractivity contribution is 5.82. The molecule has 0 aromatic heterocycles. The van der Waals surface area contributed by atoms with Gasteiger partial charge >= 0.3 is 5.97 Å². The molecular weight excluding hydrogens is 182 g/mol. The van der Waals surface area contributed by atoms with Crippen LogP contribution in [0.4, 0.5) is 0 Å². The van der Waals surface area contributed by atoms with Gasteiger partial charge in [0.15, 0.2) is 0 Å². The maximum absolute atomic E-state index is 11.2. The van der Waals surface area contributed by atoms with Crippen molar-refractivity contribution in [3.8, 4) is 0 Å². The van der Waals surface area contributed by atoms with E-state index < -0.39 is 11.5 Å². The standard InChI is InChI=1S/C10H17NO3/c1-7-4-9(2,3)5-10(7,8(13)14)11-6-12/h6-7H,4-5H2,1-3H3,(H,11,12)(H,13,14). The third-order valence-electron chi connectivity index (χ3n) is 3.16. The lowest BCUT2D eigenvalue weighted by Gasteiger charge is -2.28. The summed E-state index contributed by atoms with van der Waals surface area (Å²) in [6.45, 7) is 5.93. The van der Waals surface area contributed by atoms with Gasteiger partial charge in [-0.15, -0.1) is 0 Å². The fraction of sp³-hybridized carbons (Fsp3) is 0.800. The summed E-state index contributed by atoms with van der Waals surface area (Å²) >= 11 is 0. The average molecular weight is 199 g/mol. The summed E-state index contributed by atoms with van der Waals surface area (Å²) in [5.74, 6) is -0.956. The third-order valence-corrected chi connectivity index (χ3v) is 3.16. The van der Waals surface area contributed by atoms with Gasteiger partial charge in [-0.3, -0.25) is 4.79 Å². The van der Waals surface area contributed by atoms with Crippen LogP contribution in [0.15, 0.2) is 0 Å². The SMILES string of the molecule is CC1CC(C)(C)CC1(NC=O)C(=O)O. The van der Waals surface area contributed by atoms with Gasteiger partial charge in [-0.1, -0.05) is 20.8 Å². The van der Waals surface area contributed by atoms with Crippen LogP contribution in [0.25, 0.3) is 0 Å². The van der Waals surface area contributed by atoms with E-state index in [4.69, 9.17) is 0 Å². The van der Waals surface area contributed by atoms with Gasteiger partial charge in [0.1, 0.15) is 5.54 Å². The molecule has 0 heterocycles. The molecule has 2 unspecified atom stereocenters. The molecule has 1 fully saturated rings. The normalized spacial score (nSPS) is 35.2. The number of amides is 1. The summed E-state index contributed by atoms with van der Waals surface area (Å²) in [5, 5.41) is 11.7. The Morgan fingerprint density at radius 3 is 2.43 bits per heavy atom. The molecule has 1 saturated carbocycles. The molecule has 0 saturated heterocycles. The lowest BCUT2D eigenvalue weighted by Crippen LogP contribution is -2.53. The smallest absolute Gasteiger partial charge is 0.329 e. The zero-order valence-electron chi connectivity index (χ0n) is 8.83. The van der Waals surface area contributed by atoms with Crippen LogP contribution >= 0.6 is 0 Å². The van der Waals surface area contributed by atoms with E-state index in [0.717, 1.165) is 6.42 Å². The zero-order valence-corrected chi connectivity index (χ0v) is 8.83. The van der Waals surface area contributed by atoms with Crippen molar-refractivity contribution in [3.63, 3.8) is 0 Å². The molecule has 1 amide bonds. The molecule has 4 heteroatoms. The van der Waals surface area contributed by atoms with Crippen LogP contribution in [0.2, 0.25) is 0 Å². The number of hydrogen-bond acceptors (Lipinski definition) is 2. The number of carbonyl (C=O) groups is 2. The first kappa shape index (κ1) is 11.0. The minimum absolute atomic E-state index is 0.0200. The van der Waals surface area contributed by atoms with Gasteiger partial charge in [0, 0.05) is 0 Å². The fourth-order valence-corrected chi connectivity index (χ4v) is 2.65. The van der Waals surface area contributed by atoms with Crippen LogP contribution in [0.1, 0.15) is 33.6 Å². The lowest BCUT2D eigenvalue weighted by atomic mass is 9.86. The predicted octanol–water partition coefficient (Wildman–Crippen LogP) is 1.01. The topological polar surface area (TPSA) is 66.4 Å². The van der Waals surface area contributed by atoms with E-state index in [-0.39, 0.29) is 11.3 Å².